The summed E-state index contributed by atoms with van der Waals surface area (Å²) >= 11 is 0. The van der Waals surface area contributed by atoms with Crippen molar-refractivity contribution in [1.29, 1.82) is 0 Å². The summed E-state index contributed by atoms with van der Waals surface area (Å²) in [6.07, 6.45) is 3.07. The maximum Gasteiger partial charge on any atom is 0.341 e. The Labute approximate surface area is 174 Å². The lowest BCUT2D eigenvalue weighted by Crippen LogP contribution is -2.28. The van der Waals surface area contributed by atoms with Gasteiger partial charge in [-0.15, -0.1) is 0 Å². The number of carboxylic acids is 1. The maximum atomic E-state index is 12.6. The van der Waals surface area contributed by atoms with E-state index in [9.17, 15) is 18.0 Å². The van der Waals surface area contributed by atoms with Gasteiger partial charge in [-0.25, -0.2) is 18.6 Å². The van der Waals surface area contributed by atoms with Crippen molar-refractivity contribution in [3.8, 4) is 5.75 Å². The number of nitrogens with one attached hydrogen (secondary N) is 1. The average molecular weight is 431 g/mol. The van der Waals surface area contributed by atoms with Crippen molar-refractivity contribution < 1.29 is 27.9 Å². The van der Waals surface area contributed by atoms with Gasteiger partial charge in [-0.1, -0.05) is 6.07 Å². The summed E-state index contributed by atoms with van der Waals surface area (Å²) in [6.45, 7) is 0.544. The molecule has 10 heteroatoms. The lowest BCUT2D eigenvalue weighted by atomic mass is 10.2. The Morgan fingerprint density at radius 3 is 2.50 bits per heavy atom. The Balaban J connectivity index is 1.61. The van der Waals surface area contributed by atoms with Crippen LogP contribution in [0.3, 0.4) is 0 Å². The number of ether oxygens (including phenoxy) is 1. The number of hydrazone groups is 1. The second-order valence-electron chi connectivity index (χ2n) is 6.59. The van der Waals surface area contributed by atoms with Crippen LogP contribution in [0.5, 0.6) is 5.75 Å². The van der Waals surface area contributed by atoms with E-state index in [1.807, 2.05) is 0 Å². The van der Waals surface area contributed by atoms with E-state index >= 15 is 0 Å². The van der Waals surface area contributed by atoms with Gasteiger partial charge >= 0.3 is 5.97 Å². The highest BCUT2D eigenvalue weighted by atomic mass is 32.2. The standard InChI is InChI=1S/C20H21N3O6S/c24-19(25)14-29-17-8-6-15(7-9-17)13-21-22-20(26)16-4-3-5-18(12-16)30(27,28)23-10-1-2-11-23/h3-9,12-13H,1-2,10-11,14H2,(H,22,26)(H,24,25)/b21-13+. The van der Waals surface area contributed by atoms with Crippen molar-refractivity contribution >= 4 is 28.1 Å². The molecule has 2 N–H and O–H groups in total. The topological polar surface area (TPSA) is 125 Å². The van der Waals surface area contributed by atoms with Crippen LogP contribution in [0.1, 0.15) is 28.8 Å². The molecule has 1 aliphatic rings. The molecule has 2 aromatic carbocycles. The molecule has 3 rings (SSSR count). The van der Waals surface area contributed by atoms with E-state index in [1.165, 1.54) is 34.8 Å². The first kappa shape index (κ1) is 21.5. The summed E-state index contributed by atoms with van der Waals surface area (Å²) in [6, 6.07) is 12.3. The summed E-state index contributed by atoms with van der Waals surface area (Å²) < 4.78 is 31.7. The van der Waals surface area contributed by atoms with Crippen LogP contribution in [0.2, 0.25) is 0 Å². The second-order valence-corrected chi connectivity index (χ2v) is 8.53. The Hall–Kier alpha value is -3.24. The van der Waals surface area contributed by atoms with Gasteiger partial charge in [0.15, 0.2) is 6.61 Å². The Morgan fingerprint density at radius 1 is 1.13 bits per heavy atom. The molecule has 0 bridgehead atoms. The number of carboxylic acid groups (broad SMARTS) is 1. The van der Waals surface area contributed by atoms with Gasteiger partial charge < -0.3 is 9.84 Å². The molecule has 1 heterocycles. The highest BCUT2D eigenvalue weighted by Crippen LogP contribution is 2.21. The zero-order valence-corrected chi connectivity index (χ0v) is 16.8. The third-order valence-electron chi connectivity index (χ3n) is 4.42. The van der Waals surface area contributed by atoms with Crippen LogP contribution in [0.25, 0.3) is 0 Å². The third kappa shape index (κ3) is 5.43. The fourth-order valence-corrected chi connectivity index (χ4v) is 4.46. The van der Waals surface area contributed by atoms with Crippen LogP contribution in [0, 0.1) is 0 Å². The molecule has 0 unspecified atom stereocenters. The van der Waals surface area contributed by atoms with Crippen molar-refractivity contribution in [2.24, 2.45) is 5.10 Å². The lowest BCUT2D eigenvalue weighted by molar-refractivity contribution is -0.139. The van der Waals surface area contributed by atoms with Crippen molar-refractivity contribution in [3.63, 3.8) is 0 Å². The smallest absolute Gasteiger partial charge is 0.341 e. The summed E-state index contributed by atoms with van der Waals surface area (Å²) in [5.74, 6) is -1.21. The van der Waals surface area contributed by atoms with Gasteiger partial charge in [0.25, 0.3) is 5.91 Å². The monoisotopic (exact) mass is 431 g/mol. The predicted molar refractivity (Wildman–Crippen MR) is 109 cm³/mol. The number of rotatable bonds is 8. The molecular weight excluding hydrogens is 410 g/mol. The number of hydrogen-bond donors (Lipinski definition) is 2. The fourth-order valence-electron chi connectivity index (χ4n) is 2.90. The van der Waals surface area contributed by atoms with E-state index in [4.69, 9.17) is 9.84 Å². The van der Waals surface area contributed by atoms with E-state index in [2.05, 4.69) is 10.5 Å². The van der Waals surface area contributed by atoms with Crippen molar-refractivity contribution in [2.45, 2.75) is 17.7 Å². The van der Waals surface area contributed by atoms with Crippen molar-refractivity contribution in [1.82, 2.24) is 9.73 Å². The summed E-state index contributed by atoms with van der Waals surface area (Å²) in [5.41, 5.74) is 3.20. The first-order valence-electron chi connectivity index (χ1n) is 9.24. The van der Waals surface area contributed by atoms with Gasteiger partial charge in [0.1, 0.15) is 5.75 Å². The number of aliphatic carboxylic acids is 1. The van der Waals surface area contributed by atoms with Gasteiger partial charge in [-0.05, 0) is 60.9 Å². The van der Waals surface area contributed by atoms with Crippen LogP contribution >= 0.6 is 0 Å². The summed E-state index contributed by atoms with van der Waals surface area (Å²) in [7, 11) is -3.61. The molecule has 1 amide bonds. The van der Waals surface area contributed by atoms with Crippen molar-refractivity contribution in [3.05, 3.63) is 59.7 Å². The molecule has 1 saturated heterocycles. The van der Waals surface area contributed by atoms with Crippen LogP contribution in [-0.2, 0) is 14.8 Å². The Morgan fingerprint density at radius 2 is 1.83 bits per heavy atom. The Bertz CT molecular complexity index is 1040. The zero-order chi connectivity index (χ0) is 21.6. The minimum Gasteiger partial charge on any atom is -0.482 e. The SMILES string of the molecule is O=C(O)COc1ccc(/C=N/NC(=O)c2cccc(S(=O)(=O)N3CCCC3)c2)cc1. The van der Waals surface area contributed by atoms with Crippen molar-refractivity contribution in [2.75, 3.05) is 19.7 Å². The van der Waals surface area contributed by atoms with Crippen LogP contribution in [-0.4, -0.2) is 55.6 Å². The lowest BCUT2D eigenvalue weighted by Gasteiger charge is -2.15. The predicted octanol–water partition coefficient (Wildman–Crippen LogP) is 1.70. The first-order chi connectivity index (χ1) is 14.4. The molecular formula is C20H21N3O6S. The molecule has 0 aliphatic carbocycles. The van der Waals surface area contributed by atoms with Gasteiger partial charge in [0.2, 0.25) is 10.0 Å². The van der Waals surface area contributed by atoms with Crippen LogP contribution in [0.4, 0.5) is 0 Å². The van der Waals surface area contributed by atoms with Gasteiger partial charge in [-0.3, -0.25) is 4.79 Å². The average Bonchev–Trinajstić information content (AvgIpc) is 3.29. The maximum absolute atomic E-state index is 12.6. The normalized spacial score (nSPS) is 14.7. The minimum atomic E-state index is -3.61. The number of carbonyl (C=O) groups excluding carboxylic acids is 1. The van der Waals surface area contributed by atoms with E-state index in [-0.39, 0.29) is 10.5 Å². The molecule has 0 aromatic heterocycles. The van der Waals surface area contributed by atoms with Gasteiger partial charge in [0.05, 0.1) is 11.1 Å². The first-order valence-corrected chi connectivity index (χ1v) is 10.7. The molecule has 9 nitrogen and oxygen atoms in total. The van der Waals surface area contributed by atoms with Crippen LogP contribution < -0.4 is 10.2 Å². The summed E-state index contributed by atoms with van der Waals surface area (Å²) in [5, 5.41) is 12.5. The number of amides is 1. The number of hydrogen-bond acceptors (Lipinski definition) is 6. The zero-order valence-electron chi connectivity index (χ0n) is 16.0. The molecule has 30 heavy (non-hydrogen) atoms. The molecule has 0 atom stereocenters. The van der Waals surface area contributed by atoms with E-state index in [0.717, 1.165) is 12.8 Å². The van der Waals surface area contributed by atoms with E-state index < -0.39 is 28.5 Å². The highest BCUT2D eigenvalue weighted by molar-refractivity contribution is 7.89. The number of carbonyl (C=O) groups is 2. The van der Waals surface area contributed by atoms with Crippen LogP contribution in [0.15, 0.2) is 58.5 Å². The molecule has 0 radical (unpaired) electrons. The molecule has 1 fully saturated rings. The molecule has 1 aliphatic heterocycles. The fraction of sp³-hybridized carbons (Fsp3) is 0.250. The molecule has 0 saturated carbocycles. The highest BCUT2D eigenvalue weighted by Gasteiger charge is 2.27. The molecule has 2 aromatic rings. The summed E-state index contributed by atoms with van der Waals surface area (Å²) in [4.78, 5) is 22.9. The number of benzene rings is 2. The quantitative estimate of drug-likeness (QED) is 0.484. The number of sulfonamides is 1. The minimum absolute atomic E-state index is 0.0815. The van der Waals surface area contributed by atoms with E-state index in [1.54, 1.807) is 24.3 Å². The number of nitrogens with zero attached hydrogens (tertiary/aromatic N) is 2. The molecule has 0 spiro atoms. The molecule has 158 valence electrons. The third-order valence-corrected chi connectivity index (χ3v) is 6.32. The largest absolute Gasteiger partial charge is 0.482 e. The van der Waals surface area contributed by atoms with Gasteiger partial charge in [0, 0.05) is 18.7 Å². The van der Waals surface area contributed by atoms with E-state index in [0.29, 0.717) is 24.4 Å². The Kier molecular flexibility index (Phi) is 6.80. The van der Waals surface area contributed by atoms with Gasteiger partial charge in [-0.2, -0.15) is 9.41 Å². The second kappa shape index (κ2) is 9.51.